The fourth-order valence-corrected chi connectivity index (χ4v) is 1.42. The standard InChI is InChI=1S/C12H19NO/c1-9(2)10-6-7-11(13(3)4)12(8-10)14-5/h6-9H,1-5H3. The largest absolute Gasteiger partial charge is 0.495 e. The smallest absolute Gasteiger partial charge is 0.142 e. The van der Waals surface area contributed by atoms with Crippen LogP contribution in [0, 0.1) is 0 Å². The van der Waals surface area contributed by atoms with E-state index < -0.39 is 0 Å². The first-order valence-corrected chi connectivity index (χ1v) is 4.91. The summed E-state index contributed by atoms with van der Waals surface area (Å²) in [6, 6.07) is 6.37. The molecule has 2 heteroatoms. The van der Waals surface area contributed by atoms with Crippen LogP contribution in [0.3, 0.4) is 0 Å². The van der Waals surface area contributed by atoms with Crippen LogP contribution in [0.2, 0.25) is 0 Å². The van der Waals surface area contributed by atoms with E-state index in [1.807, 2.05) is 14.1 Å². The summed E-state index contributed by atoms with van der Waals surface area (Å²) < 4.78 is 5.36. The third kappa shape index (κ3) is 2.19. The summed E-state index contributed by atoms with van der Waals surface area (Å²) in [7, 11) is 5.76. The Bertz CT molecular complexity index is 305. The van der Waals surface area contributed by atoms with Gasteiger partial charge in [0.15, 0.2) is 0 Å². The molecule has 1 aromatic carbocycles. The molecule has 0 atom stereocenters. The Morgan fingerprint density at radius 2 is 1.86 bits per heavy atom. The second-order valence-electron chi connectivity index (χ2n) is 3.98. The predicted molar refractivity (Wildman–Crippen MR) is 61.4 cm³/mol. The van der Waals surface area contributed by atoms with Crippen LogP contribution in [-0.4, -0.2) is 21.2 Å². The fraction of sp³-hybridized carbons (Fsp3) is 0.500. The summed E-state index contributed by atoms with van der Waals surface area (Å²) in [5, 5.41) is 0. The molecular formula is C12H19NO. The first kappa shape index (κ1) is 10.9. The quantitative estimate of drug-likeness (QED) is 0.732. The Hall–Kier alpha value is -1.18. The predicted octanol–water partition coefficient (Wildman–Crippen LogP) is 2.88. The summed E-state index contributed by atoms with van der Waals surface area (Å²) in [4.78, 5) is 2.06. The number of hydrogen-bond acceptors (Lipinski definition) is 2. The minimum absolute atomic E-state index is 0.542. The Morgan fingerprint density at radius 3 is 2.29 bits per heavy atom. The lowest BCUT2D eigenvalue weighted by Gasteiger charge is -2.18. The zero-order chi connectivity index (χ0) is 10.7. The third-order valence-corrected chi connectivity index (χ3v) is 2.35. The van der Waals surface area contributed by atoms with Crippen molar-refractivity contribution >= 4 is 5.69 Å². The molecule has 0 saturated heterocycles. The zero-order valence-electron chi connectivity index (χ0n) is 9.66. The van der Waals surface area contributed by atoms with E-state index >= 15 is 0 Å². The van der Waals surface area contributed by atoms with Crippen LogP contribution in [0.1, 0.15) is 25.3 Å². The number of rotatable bonds is 3. The molecule has 2 nitrogen and oxygen atoms in total. The van der Waals surface area contributed by atoms with Gasteiger partial charge < -0.3 is 9.64 Å². The summed E-state index contributed by atoms with van der Waals surface area (Å²) in [5.74, 6) is 1.49. The highest BCUT2D eigenvalue weighted by Crippen LogP contribution is 2.30. The molecule has 0 saturated carbocycles. The zero-order valence-corrected chi connectivity index (χ0v) is 9.66. The molecule has 0 fully saturated rings. The van der Waals surface area contributed by atoms with Crippen LogP contribution in [-0.2, 0) is 0 Å². The lowest BCUT2D eigenvalue weighted by molar-refractivity contribution is 0.414. The van der Waals surface area contributed by atoms with Crippen molar-refractivity contribution in [2.24, 2.45) is 0 Å². The van der Waals surface area contributed by atoms with E-state index in [2.05, 4.69) is 36.9 Å². The number of benzene rings is 1. The van der Waals surface area contributed by atoms with Crippen molar-refractivity contribution in [2.75, 3.05) is 26.1 Å². The van der Waals surface area contributed by atoms with Crippen LogP contribution >= 0.6 is 0 Å². The molecule has 0 radical (unpaired) electrons. The Balaban J connectivity index is 3.11. The van der Waals surface area contributed by atoms with Crippen molar-refractivity contribution in [3.05, 3.63) is 23.8 Å². The van der Waals surface area contributed by atoms with Gasteiger partial charge in [-0.05, 0) is 23.6 Å². The lowest BCUT2D eigenvalue weighted by atomic mass is 10.0. The van der Waals surface area contributed by atoms with Crippen molar-refractivity contribution in [1.82, 2.24) is 0 Å². The number of hydrogen-bond donors (Lipinski definition) is 0. The first-order chi connectivity index (χ1) is 6.56. The molecule has 0 bridgehead atoms. The van der Waals surface area contributed by atoms with Gasteiger partial charge in [0, 0.05) is 14.1 Å². The molecule has 1 rings (SSSR count). The summed E-state index contributed by atoms with van der Waals surface area (Å²) in [6.07, 6.45) is 0. The van der Waals surface area contributed by atoms with Gasteiger partial charge in [-0.2, -0.15) is 0 Å². The molecule has 0 unspecified atom stereocenters. The Labute approximate surface area is 86.5 Å². The van der Waals surface area contributed by atoms with E-state index in [1.54, 1.807) is 7.11 Å². The van der Waals surface area contributed by atoms with Crippen molar-refractivity contribution in [2.45, 2.75) is 19.8 Å². The van der Waals surface area contributed by atoms with Gasteiger partial charge in [-0.1, -0.05) is 19.9 Å². The maximum atomic E-state index is 5.36. The maximum Gasteiger partial charge on any atom is 0.142 e. The number of methoxy groups -OCH3 is 1. The average molecular weight is 193 g/mol. The normalized spacial score (nSPS) is 10.4. The van der Waals surface area contributed by atoms with Gasteiger partial charge in [0.05, 0.1) is 12.8 Å². The van der Waals surface area contributed by atoms with Crippen LogP contribution in [0.5, 0.6) is 5.75 Å². The van der Waals surface area contributed by atoms with Crippen LogP contribution in [0.15, 0.2) is 18.2 Å². The average Bonchev–Trinajstić information content (AvgIpc) is 2.16. The van der Waals surface area contributed by atoms with E-state index in [9.17, 15) is 0 Å². The molecule has 78 valence electrons. The van der Waals surface area contributed by atoms with Gasteiger partial charge in [-0.3, -0.25) is 0 Å². The molecule has 0 aliphatic carbocycles. The van der Waals surface area contributed by atoms with E-state index in [4.69, 9.17) is 4.74 Å². The lowest BCUT2D eigenvalue weighted by Crippen LogP contribution is -2.10. The van der Waals surface area contributed by atoms with Gasteiger partial charge in [-0.15, -0.1) is 0 Å². The minimum atomic E-state index is 0.542. The Kier molecular flexibility index (Phi) is 3.39. The van der Waals surface area contributed by atoms with Gasteiger partial charge in [0.1, 0.15) is 5.75 Å². The first-order valence-electron chi connectivity index (χ1n) is 4.91. The number of ether oxygens (including phenoxy) is 1. The Morgan fingerprint density at radius 1 is 1.21 bits per heavy atom. The van der Waals surface area contributed by atoms with Crippen molar-refractivity contribution in [1.29, 1.82) is 0 Å². The highest BCUT2D eigenvalue weighted by Gasteiger charge is 2.07. The molecule has 0 amide bonds. The second kappa shape index (κ2) is 4.36. The van der Waals surface area contributed by atoms with E-state index in [0.29, 0.717) is 5.92 Å². The van der Waals surface area contributed by atoms with Crippen molar-refractivity contribution < 1.29 is 4.74 Å². The minimum Gasteiger partial charge on any atom is -0.495 e. The van der Waals surface area contributed by atoms with Crippen LogP contribution in [0.25, 0.3) is 0 Å². The second-order valence-corrected chi connectivity index (χ2v) is 3.98. The van der Waals surface area contributed by atoms with Gasteiger partial charge >= 0.3 is 0 Å². The molecule has 14 heavy (non-hydrogen) atoms. The molecule has 0 spiro atoms. The van der Waals surface area contributed by atoms with Crippen LogP contribution < -0.4 is 9.64 Å². The van der Waals surface area contributed by atoms with E-state index in [-0.39, 0.29) is 0 Å². The number of nitrogens with zero attached hydrogens (tertiary/aromatic N) is 1. The summed E-state index contributed by atoms with van der Waals surface area (Å²) in [6.45, 7) is 4.37. The molecule has 0 N–H and O–H groups in total. The van der Waals surface area contributed by atoms with Gasteiger partial charge in [0.2, 0.25) is 0 Å². The van der Waals surface area contributed by atoms with Crippen molar-refractivity contribution in [3.63, 3.8) is 0 Å². The third-order valence-electron chi connectivity index (χ3n) is 2.35. The summed E-state index contributed by atoms with van der Waals surface area (Å²) in [5.41, 5.74) is 2.43. The fourth-order valence-electron chi connectivity index (χ4n) is 1.42. The molecule has 1 aromatic rings. The molecule has 0 aromatic heterocycles. The highest BCUT2D eigenvalue weighted by molar-refractivity contribution is 5.59. The number of anilines is 1. The highest BCUT2D eigenvalue weighted by atomic mass is 16.5. The molecule has 0 aliphatic heterocycles. The van der Waals surface area contributed by atoms with E-state index in [1.165, 1.54) is 5.56 Å². The molecule has 0 heterocycles. The molecule has 0 aliphatic rings. The van der Waals surface area contributed by atoms with Gasteiger partial charge in [-0.25, -0.2) is 0 Å². The van der Waals surface area contributed by atoms with Gasteiger partial charge in [0.25, 0.3) is 0 Å². The topological polar surface area (TPSA) is 12.5 Å². The molecular weight excluding hydrogens is 174 g/mol. The maximum absolute atomic E-state index is 5.36. The SMILES string of the molecule is COc1cc(C(C)C)ccc1N(C)C. The summed E-state index contributed by atoms with van der Waals surface area (Å²) >= 11 is 0. The van der Waals surface area contributed by atoms with Crippen LogP contribution in [0.4, 0.5) is 5.69 Å². The van der Waals surface area contributed by atoms with Crippen molar-refractivity contribution in [3.8, 4) is 5.75 Å². The van der Waals surface area contributed by atoms with E-state index in [0.717, 1.165) is 11.4 Å². The monoisotopic (exact) mass is 193 g/mol.